The zero-order chi connectivity index (χ0) is 54.4. The van der Waals surface area contributed by atoms with Crippen LogP contribution in [0.5, 0.6) is 5.75 Å². The first-order valence-corrected chi connectivity index (χ1v) is 19.2. The lowest BCUT2D eigenvalue weighted by atomic mass is 9.83. The van der Waals surface area contributed by atoms with Crippen LogP contribution in [0.25, 0.3) is 72.7 Å². The number of nitrogens with zero attached hydrogens (tertiary/aromatic N) is 3. The van der Waals surface area contributed by atoms with Gasteiger partial charge in [0.25, 0.3) is 0 Å². The van der Waals surface area contributed by atoms with E-state index < -0.39 is 90.5 Å². The van der Waals surface area contributed by atoms with Gasteiger partial charge in [-0.3, -0.25) is 9.55 Å². The molecule has 0 radical (unpaired) electrons. The van der Waals surface area contributed by atoms with Gasteiger partial charge in [0.05, 0.1) is 31.9 Å². The summed E-state index contributed by atoms with van der Waals surface area (Å²) in [5, 5.41) is 11.4. The predicted molar refractivity (Wildman–Crippen MR) is 244 cm³/mol. The molecule has 0 unspecified atom stereocenters. The second kappa shape index (κ2) is 15.2. The largest absolute Gasteiger partial charge is 0.507 e. The van der Waals surface area contributed by atoms with Crippen molar-refractivity contribution in [2.75, 3.05) is 0 Å². The van der Waals surface area contributed by atoms with Gasteiger partial charge in [-0.05, 0) is 122 Å². The van der Waals surface area contributed by atoms with Crippen LogP contribution in [0.2, 0.25) is 0 Å². The number of para-hydroxylation sites is 2. The standard InChI is InChI=1S/C54H53N3O/c1-35(2)29-39-33-44(25-26-45(39)37-15-10-9-11-16-37)57-49-19-14-18-46(51(49)56-52(57)47-17-12-13-20-50(47)58)40-30-41(32-43(31-40)54(6,7)8)48-34-38(27-28-55-48)36-21-23-42(24-22-36)53(3,4)5/h9-28,30-35,58H,29H2,1-8H3/i3D3,4D3,5D3,21D,22D,23D,24D,27D,28D,34D. The number of hydrogen-bond acceptors (Lipinski definition) is 3. The minimum absolute atomic E-state index is 0.0161. The smallest absolute Gasteiger partial charge is 0.149 e. The Morgan fingerprint density at radius 3 is 2.10 bits per heavy atom. The summed E-state index contributed by atoms with van der Waals surface area (Å²) < 4.78 is 140. The van der Waals surface area contributed by atoms with Crippen LogP contribution in [-0.4, -0.2) is 19.6 Å². The van der Waals surface area contributed by atoms with E-state index in [1.165, 1.54) is 0 Å². The first-order valence-electron chi connectivity index (χ1n) is 27.2. The molecule has 0 spiro atoms. The molecule has 8 aromatic rings. The molecule has 0 aliphatic heterocycles. The maximum Gasteiger partial charge on any atom is 0.149 e. The number of hydrogen-bond donors (Lipinski definition) is 1. The molecule has 0 saturated carbocycles. The fourth-order valence-electron chi connectivity index (χ4n) is 7.22. The third kappa shape index (κ3) is 7.72. The molecule has 2 heterocycles. The average Bonchev–Trinajstić information content (AvgIpc) is 3.70. The fourth-order valence-corrected chi connectivity index (χ4v) is 7.22. The molecule has 4 nitrogen and oxygen atoms in total. The average molecular weight is 776 g/mol. The van der Waals surface area contributed by atoms with Gasteiger partial charge in [0.15, 0.2) is 0 Å². The van der Waals surface area contributed by atoms with E-state index in [4.69, 9.17) is 25.5 Å². The summed E-state index contributed by atoms with van der Waals surface area (Å²) in [6.45, 7) is -1.49. The van der Waals surface area contributed by atoms with E-state index in [9.17, 15) is 6.48 Å². The predicted octanol–water partition coefficient (Wildman–Crippen LogP) is 14.3. The van der Waals surface area contributed by atoms with Crippen LogP contribution in [0.4, 0.5) is 0 Å². The molecule has 290 valence electrons. The van der Waals surface area contributed by atoms with Crippen LogP contribution in [0.1, 0.15) is 93.8 Å². The maximum absolute atomic E-state index is 11.4. The van der Waals surface area contributed by atoms with Crippen molar-refractivity contribution in [2.24, 2.45) is 5.92 Å². The molecule has 2 aromatic heterocycles. The molecule has 8 rings (SSSR count). The summed E-state index contributed by atoms with van der Waals surface area (Å²) in [5.41, 5.74) is 0.682. The van der Waals surface area contributed by atoms with Gasteiger partial charge in [-0.25, -0.2) is 4.98 Å². The summed E-state index contributed by atoms with van der Waals surface area (Å²) in [4.78, 5) is 9.65. The summed E-state index contributed by atoms with van der Waals surface area (Å²) >= 11 is 0. The van der Waals surface area contributed by atoms with E-state index >= 15 is 0 Å². The van der Waals surface area contributed by atoms with Crippen molar-refractivity contribution in [3.05, 3.63) is 168 Å². The van der Waals surface area contributed by atoms with Crippen molar-refractivity contribution in [2.45, 2.75) is 72.4 Å². The molecule has 0 fully saturated rings. The number of phenolic OH excluding ortho intramolecular Hbond substituents is 1. The van der Waals surface area contributed by atoms with Gasteiger partial charge in [0.1, 0.15) is 11.6 Å². The number of aromatic nitrogens is 3. The van der Waals surface area contributed by atoms with Crippen LogP contribution in [0, 0.1) is 5.92 Å². The monoisotopic (exact) mass is 776 g/mol. The Kier molecular flexibility index (Phi) is 6.27. The number of fused-ring (bicyclic) bond motifs is 1. The SMILES string of the molecule is [2H]c1nc(-c2cc(-c3cccc4c3nc(-c3ccccc3O)n4-c3ccc(-c4ccccc4)c(CC(C)C)c3)cc(C(C)(C)C)c2)c([2H])c(-c2c([2H])c([2H])c(C(C([2H])([2H])[2H])(C([2H])([2H])[2H])C([2H])([2H])[2H])c([2H])c2[2H])c1[2H]. The van der Waals surface area contributed by atoms with Crippen LogP contribution >= 0.6 is 0 Å². The van der Waals surface area contributed by atoms with E-state index in [0.717, 1.165) is 34.4 Å². The first-order chi connectivity index (χ1) is 34.4. The highest BCUT2D eigenvalue weighted by atomic mass is 16.3. The van der Waals surface area contributed by atoms with E-state index in [1.54, 1.807) is 30.3 Å². The Morgan fingerprint density at radius 1 is 0.655 bits per heavy atom. The fraction of sp³-hybridized carbons (Fsp3) is 0.222. The molecular formula is C54H53N3O. The lowest BCUT2D eigenvalue weighted by Crippen LogP contribution is -2.11. The summed E-state index contributed by atoms with van der Waals surface area (Å²) in [6, 6.07) is 28.3. The van der Waals surface area contributed by atoms with Crippen LogP contribution in [0.3, 0.4) is 0 Å². The molecule has 0 bridgehead atoms. The van der Waals surface area contributed by atoms with Gasteiger partial charge >= 0.3 is 0 Å². The second-order valence-electron chi connectivity index (χ2n) is 16.0. The van der Waals surface area contributed by atoms with E-state index in [-0.39, 0.29) is 17.0 Å². The van der Waals surface area contributed by atoms with Crippen molar-refractivity contribution < 1.29 is 27.0 Å². The Bertz CT molecular complexity index is 3430. The quantitative estimate of drug-likeness (QED) is 0.167. The third-order valence-electron chi connectivity index (χ3n) is 10.1. The maximum atomic E-state index is 11.4. The minimum atomic E-state index is -3.91. The van der Waals surface area contributed by atoms with E-state index in [0.29, 0.717) is 39.5 Å². The number of benzene rings is 6. The number of imidazole rings is 1. The van der Waals surface area contributed by atoms with Gasteiger partial charge in [-0.2, -0.15) is 0 Å². The molecule has 6 aromatic carbocycles. The van der Waals surface area contributed by atoms with Gasteiger partial charge in [-0.1, -0.05) is 146 Å². The van der Waals surface area contributed by atoms with Gasteiger partial charge < -0.3 is 5.11 Å². The van der Waals surface area contributed by atoms with Gasteiger partial charge in [0, 0.05) is 35.3 Å². The number of rotatable bonds is 8. The van der Waals surface area contributed by atoms with E-state index in [2.05, 4.69) is 43.1 Å². The first kappa shape index (κ1) is 23.8. The van der Waals surface area contributed by atoms with Crippen molar-refractivity contribution in [3.8, 4) is 67.5 Å². The molecule has 58 heavy (non-hydrogen) atoms. The highest BCUT2D eigenvalue weighted by molar-refractivity contribution is 5.97. The molecule has 0 saturated heterocycles. The van der Waals surface area contributed by atoms with Crippen molar-refractivity contribution in [1.82, 2.24) is 14.5 Å². The summed E-state index contributed by atoms with van der Waals surface area (Å²) in [7, 11) is 0. The Morgan fingerprint density at radius 2 is 1.38 bits per heavy atom. The topological polar surface area (TPSA) is 50.9 Å². The molecule has 4 heteroatoms. The van der Waals surface area contributed by atoms with Crippen molar-refractivity contribution >= 4 is 11.0 Å². The molecule has 1 N–H and O–H groups in total. The molecule has 0 aliphatic carbocycles. The zero-order valence-electron chi connectivity index (χ0n) is 49.0. The number of phenols is 1. The second-order valence-corrected chi connectivity index (χ2v) is 16.0. The van der Waals surface area contributed by atoms with Gasteiger partial charge in [-0.15, -0.1) is 0 Å². The normalized spacial score (nSPS) is 16.7. The molecule has 0 atom stereocenters. The third-order valence-corrected chi connectivity index (χ3v) is 10.1. The Labute approximate surface area is 366 Å². The van der Waals surface area contributed by atoms with Crippen molar-refractivity contribution in [3.63, 3.8) is 0 Å². The zero-order valence-corrected chi connectivity index (χ0v) is 33.0. The van der Waals surface area contributed by atoms with Crippen LogP contribution < -0.4 is 0 Å². The van der Waals surface area contributed by atoms with Gasteiger partial charge in [0.2, 0.25) is 0 Å². The number of pyridine rings is 1. The molecule has 0 amide bonds. The number of aromatic hydroxyl groups is 1. The minimum Gasteiger partial charge on any atom is -0.507 e. The summed E-state index contributed by atoms with van der Waals surface area (Å²) in [6.07, 6.45) is 0.0611. The molecular weight excluding hydrogens is 707 g/mol. The van der Waals surface area contributed by atoms with Crippen molar-refractivity contribution in [1.29, 1.82) is 0 Å². The van der Waals surface area contributed by atoms with E-state index in [1.807, 2.05) is 79.9 Å². The van der Waals surface area contributed by atoms with Crippen LogP contribution in [0.15, 0.2) is 152 Å². The highest BCUT2D eigenvalue weighted by Crippen LogP contribution is 2.41. The Hall–Kier alpha value is -6.26. The molecule has 0 aliphatic rings. The summed E-state index contributed by atoms with van der Waals surface area (Å²) in [5.74, 6) is 0.806. The van der Waals surface area contributed by atoms with Crippen LogP contribution in [-0.2, 0) is 17.3 Å². The Balaban J connectivity index is 1.39. The highest BCUT2D eigenvalue weighted by Gasteiger charge is 2.23. The lowest BCUT2D eigenvalue weighted by Gasteiger charge is -2.22. The lowest BCUT2D eigenvalue weighted by molar-refractivity contribution is 0.477.